The molecule has 0 fully saturated rings. The summed E-state index contributed by atoms with van der Waals surface area (Å²) in [6.45, 7) is -1.95. The van der Waals surface area contributed by atoms with Crippen LogP contribution in [-0.4, -0.2) is 47.9 Å². The Kier molecular flexibility index (Phi) is 5.20. The Balaban J connectivity index is 3.41. The molecular formula is C6H8O7. The van der Waals surface area contributed by atoms with Crippen LogP contribution in [-0.2, 0) is 23.9 Å². The van der Waals surface area contributed by atoms with Crippen LogP contribution in [0.15, 0.2) is 0 Å². The summed E-state index contributed by atoms with van der Waals surface area (Å²) in [7, 11) is 0. The van der Waals surface area contributed by atoms with Gasteiger partial charge in [0.05, 0.1) is 0 Å². The Bertz CT molecular complexity index is 209. The summed E-state index contributed by atoms with van der Waals surface area (Å²) in [5.41, 5.74) is 0. The smallest absolute Gasteiger partial charge is 0.341 e. The summed E-state index contributed by atoms with van der Waals surface area (Å²) in [5, 5.41) is 16.1. The van der Waals surface area contributed by atoms with E-state index in [0.29, 0.717) is 0 Å². The van der Waals surface area contributed by atoms with E-state index in [0.717, 1.165) is 0 Å². The number of carboxylic acid groups (broad SMARTS) is 2. The van der Waals surface area contributed by atoms with Crippen LogP contribution < -0.4 is 0 Å². The summed E-state index contributed by atoms with van der Waals surface area (Å²) in [6, 6.07) is 0. The monoisotopic (exact) mass is 192 g/mol. The Morgan fingerprint density at radius 2 is 1.46 bits per heavy atom. The number of rotatable bonds is 6. The van der Waals surface area contributed by atoms with E-state index in [2.05, 4.69) is 9.47 Å². The zero-order valence-electron chi connectivity index (χ0n) is 6.56. The van der Waals surface area contributed by atoms with Gasteiger partial charge in [-0.3, -0.25) is 0 Å². The van der Waals surface area contributed by atoms with Crippen molar-refractivity contribution in [3.8, 4) is 0 Å². The minimum Gasteiger partial charge on any atom is -0.480 e. The minimum atomic E-state index is -1.29. The fourth-order valence-electron chi connectivity index (χ4n) is 0.406. The maximum Gasteiger partial charge on any atom is 0.341 e. The SMILES string of the molecule is O=C(O)COCC(=O)OCC(=O)O. The Labute approximate surface area is 72.9 Å². The Morgan fingerprint density at radius 1 is 0.923 bits per heavy atom. The molecule has 0 aliphatic rings. The van der Waals surface area contributed by atoms with Gasteiger partial charge in [-0.1, -0.05) is 0 Å². The molecule has 0 aromatic heterocycles. The lowest BCUT2D eigenvalue weighted by atomic mass is 10.6. The van der Waals surface area contributed by atoms with Crippen LogP contribution in [0.25, 0.3) is 0 Å². The van der Waals surface area contributed by atoms with Gasteiger partial charge in [-0.05, 0) is 0 Å². The standard InChI is InChI=1S/C6H8O7/c7-4(8)1-12-3-6(11)13-2-5(9)10/h1-3H2,(H,7,8)(H,9,10). The second-order valence-electron chi connectivity index (χ2n) is 1.94. The molecule has 0 aliphatic carbocycles. The molecule has 0 heterocycles. The molecule has 0 saturated heterocycles. The molecule has 0 atom stereocenters. The number of carbonyl (C=O) groups excluding carboxylic acids is 1. The quantitative estimate of drug-likeness (QED) is 0.504. The van der Waals surface area contributed by atoms with Crippen molar-refractivity contribution in [1.82, 2.24) is 0 Å². The first kappa shape index (κ1) is 11.4. The lowest BCUT2D eigenvalue weighted by Crippen LogP contribution is -2.19. The third-order valence-electron chi connectivity index (χ3n) is 0.802. The molecule has 0 saturated carbocycles. The summed E-state index contributed by atoms with van der Waals surface area (Å²) in [4.78, 5) is 30.3. The van der Waals surface area contributed by atoms with E-state index in [4.69, 9.17) is 10.2 Å². The second kappa shape index (κ2) is 5.95. The predicted octanol–water partition coefficient (Wildman–Crippen LogP) is -1.28. The second-order valence-corrected chi connectivity index (χ2v) is 1.94. The fourth-order valence-corrected chi connectivity index (χ4v) is 0.406. The summed E-state index contributed by atoms with van der Waals surface area (Å²) >= 11 is 0. The summed E-state index contributed by atoms with van der Waals surface area (Å²) in [5.74, 6) is -3.42. The van der Waals surface area contributed by atoms with Crippen LogP contribution in [0.2, 0.25) is 0 Å². The molecule has 0 radical (unpaired) electrons. The number of aliphatic carboxylic acids is 2. The maximum atomic E-state index is 10.5. The number of esters is 1. The number of carboxylic acids is 2. The van der Waals surface area contributed by atoms with Crippen molar-refractivity contribution in [3.63, 3.8) is 0 Å². The van der Waals surface area contributed by atoms with Crippen molar-refractivity contribution in [2.24, 2.45) is 0 Å². The van der Waals surface area contributed by atoms with E-state index in [9.17, 15) is 14.4 Å². The molecule has 0 bridgehead atoms. The number of ether oxygens (including phenoxy) is 2. The highest BCUT2D eigenvalue weighted by Crippen LogP contribution is 1.81. The van der Waals surface area contributed by atoms with Gasteiger partial charge in [-0.25, -0.2) is 14.4 Å². The van der Waals surface area contributed by atoms with Gasteiger partial charge < -0.3 is 19.7 Å². The summed E-state index contributed by atoms with van der Waals surface area (Å²) < 4.78 is 8.45. The van der Waals surface area contributed by atoms with Crippen molar-refractivity contribution in [3.05, 3.63) is 0 Å². The van der Waals surface area contributed by atoms with Gasteiger partial charge in [0.25, 0.3) is 0 Å². The molecule has 0 spiro atoms. The molecule has 74 valence electrons. The minimum absolute atomic E-state index is 0.570. The van der Waals surface area contributed by atoms with Gasteiger partial charge in [-0.2, -0.15) is 0 Å². The van der Waals surface area contributed by atoms with Crippen molar-refractivity contribution < 1.29 is 34.1 Å². The van der Waals surface area contributed by atoms with E-state index in [-0.39, 0.29) is 0 Å². The highest BCUT2D eigenvalue weighted by molar-refractivity contribution is 5.76. The average Bonchev–Trinajstić information content (AvgIpc) is 2.00. The van der Waals surface area contributed by atoms with Crippen LogP contribution in [0.4, 0.5) is 0 Å². The highest BCUT2D eigenvalue weighted by Gasteiger charge is 2.06. The van der Waals surface area contributed by atoms with E-state index in [1.54, 1.807) is 0 Å². The molecule has 0 amide bonds. The maximum absolute atomic E-state index is 10.5. The van der Waals surface area contributed by atoms with Crippen LogP contribution >= 0.6 is 0 Å². The van der Waals surface area contributed by atoms with E-state index in [1.807, 2.05) is 0 Å². The van der Waals surface area contributed by atoms with Crippen LogP contribution in [0.5, 0.6) is 0 Å². The highest BCUT2D eigenvalue weighted by atomic mass is 16.6. The lowest BCUT2D eigenvalue weighted by molar-refractivity contribution is -0.160. The molecule has 7 heteroatoms. The van der Waals surface area contributed by atoms with E-state index in [1.165, 1.54) is 0 Å². The van der Waals surface area contributed by atoms with Crippen molar-refractivity contribution in [1.29, 1.82) is 0 Å². The molecule has 0 aliphatic heterocycles. The van der Waals surface area contributed by atoms with Crippen molar-refractivity contribution in [2.45, 2.75) is 0 Å². The van der Waals surface area contributed by atoms with Crippen molar-refractivity contribution in [2.75, 3.05) is 19.8 Å². The Hall–Kier alpha value is -1.63. The zero-order valence-corrected chi connectivity index (χ0v) is 6.56. The van der Waals surface area contributed by atoms with Crippen molar-refractivity contribution >= 4 is 17.9 Å². The van der Waals surface area contributed by atoms with Crippen LogP contribution in [0.1, 0.15) is 0 Å². The van der Waals surface area contributed by atoms with E-state index >= 15 is 0 Å². The first-order valence-electron chi connectivity index (χ1n) is 3.19. The molecule has 7 nitrogen and oxygen atoms in total. The topological polar surface area (TPSA) is 110 Å². The van der Waals surface area contributed by atoms with Gasteiger partial charge in [-0.15, -0.1) is 0 Å². The fraction of sp³-hybridized carbons (Fsp3) is 0.500. The first-order chi connectivity index (χ1) is 6.02. The number of hydrogen-bond acceptors (Lipinski definition) is 5. The number of carbonyl (C=O) groups is 3. The molecular weight excluding hydrogens is 184 g/mol. The van der Waals surface area contributed by atoms with Gasteiger partial charge in [0.15, 0.2) is 6.61 Å². The van der Waals surface area contributed by atoms with Gasteiger partial charge in [0.1, 0.15) is 13.2 Å². The zero-order chi connectivity index (χ0) is 10.3. The van der Waals surface area contributed by atoms with Gasteiger partial charge >= 0.3 is 17.9 Å². The van der Waals surface area contributed by atoms with E-state index < -0.39 is 37.7 Å². The van der Waals surface area contributed by atoms with Crippen LogP contribution in [0.3, 0.4) is 0 Å². The molecule has 2 N–H and O–H groups in total. The van der Waals surface area contributed by atoms with Crippen LogP contribution in [0, 0.1) is 0 Å². The third-order valence-corrected chi connectivity index (χ3v) is 0.802. The molecule has 0 unspecified atom stereocenters. The number of hydrogen-bond donors (Lipinski definition) is 2. The molecule has 0 aromatic carbocycles. The molecule has 0 aromatic rings. The summed E-state index contributed by atoms with van der Waals surface area (Å²) in [6.07, 6.45) is 0. The first-order valence-corrected chi connectivity index (χ1v) is 3.19. The Morgan fingerprint density at radius 3 is 1.92 bits per heavy atom. The predicted molar refractivity (Wildman–Crippen MR) is 37.0 cm³/mol. The normalized spacial score (nSPS) is 9.23. The lowest BCUT2D eigenvalue weighted by Gasteiger charge is -2.00. The average molecular weight is 192 g/mol. The molecule has 0 rings (SSSR count). The third kappa shape index (κ3) is 8.27. The largest absolute Gasteiger partial charge is 0.480 e. The van der Waals surface area contributed by atoms with Gasteiger partial charge in [0.2, 0.25) is 0 Å². The molecule has 13 heavy (non-hydrogen) atoms. The van der Waals surface area contributed by atoms with Gasteiger partial charge in [0, 0.05) is 0 Å².